The highest BCUT2D eigenvalue weighted by molar-refractivity contribution is 6.30. The molecule has 2 rings (SSSR count). The summed E-state index contributed by atoms with van der Waals surface area (Å²) in [6.45, 7) is 8.61. The highest BCUT2D eigenvalue weighted by Gasteiger charge is 2.12. The van der Waals surface area contributed by atoms with Gasteiger partial charge in [0.1, 0.15) is 22.5 Å². The second-order valence-corrected chi connectivity index (χ2v) is 5.44. The zero-order chi connectivity index (χ0) is 15.4. The number of halogens is 1. The summed E-state index contributed by atoms with van der Waals surface area (Å²) < 4.78 is 5.43. The summed E-state index contributed by atoms with van der Waals surface area (Å²) in [4.78, 5) is 8.86. The van der Waals surface area contributed by atoms with Crippen LogP contribution in [0.4, 0.5) is 11.5 Å². The van der Waals surface area contributed by atoms with Gasteiger partial charge in [0.05, 0.1) is 6.61 Å². The molecule has 1 aromatic carbocycles. The zero-order valence-corrected chi connectivity index (χ0v) is 13.5. The van der Waals surface area contributed by atoms with E-state index in [1.807, 2.05) is 52.0 Å². The number of ether oxygens (including phenoxy) is 1. The number of hydrogen-bond acceptors (Lipinski definition) is 4. The van der Waals surface area contributed by atoms with Crippen molar-refractivity contribution >= 4 is 23.1 Å². The van der Waals surface area contributed by atoms with Gasteiger partial charge in [-0.15, -0.1) is 0 Å². The molecule has 0 atom stereocenters. The molecule has 0 saturated heterocycles. The highest BCUT2D eigenvalue weighted by atomic mass is 35.5. The topological polar surface area (TPSA) is 47.0 Å². The first-order chi connectivity index (χ1) is 10.0. The molecular formula is C16H20ClN3O. The Bertz CT molecular complexity index is 612. The number of anilines is 2. The molecule has 1 N–H and O–H groups in total. The van der Waals surface area contributed by atoms with Crippen molar-refractivity contribution in [2.75, 3.05) is 11.9 Å². The maximum absolute atomic E-state index is 6.18. The fraction of sp³-hybridized carbons (Fsp3) is 0.375. The van der Waals surface area contributed by atoms with Crippen molar-refractivity contribution in [3.05, 3.63) is 40.8 Å². The molecule has 0 aliphatic rings. The second-order valence-electron chi connectivity index (χ2n) is 5.08. The molecule has 0 amide bonds. The predicted molar refractivity (Wildman–Crippen MR) is 86.8 cm³/mol. The highest BCUT2D eigenvalue weighted by Crippen LogP contribution is 2.26. The lowest BCUT2D eigenvalue weighted by Crippen LogP contribution is -2.05. The fourth-order valence-electron chi connectivity index (χ4n) is 1.82. The Morgan fingerprint density at radius 2 is 1.86 bits per heavy atom. The van der Waals surface area contributed by atoms with Crippen LogP contribution >= 0.6 is 11.6 Å². The summed E-state index contributed by atoms with van der Waals surface area (Å²) in [7, 11) is 0. The molecule has 0 saturated carbocycles. The van der Waals surface area contributed by atoms with Gasteiger partial charge >= 0.3 is 0 Å². The predicted octanol–water partition coefficient (Wildman–Crippen LogP) is 4.70. The molecular weight excluding hydrogens is 286 g/mol. The van der Waals surface area contributed by atoms with Crippen LogP contribution in [0.2, 0.25) is 5.15 Å². The summed E-state index contributed by atoms with van der Waals surface area (Å²) in [6.07, 6.45) is 0. The largest absolute Gasteiger partial charge is 0.494 e. The number of hydrogen-bond donors (Lipinski definition) is 1. The molecule has 0 aliphatic carbocycles. The summed E-state index contributed by atoms with van der Waals surface area (Å²) in [5.41, 5.74) is 1.78. The molecule has 0 spiro atoms. The van der Waals surface area contributed by atoms with E-state index in [-0.39, 0.29) is 5.92 Å². The first-order valence-corrected chi connectivity index (χ1v) is 7.43. The van der Waals surface area contributed by atoms with Crippen LogP contribution in [0.25, 0.3) is 0 Å². The van der Waals surface area contributed by atoms with Crippen molar-refractivity contribution in [1.29, 1.82) is 0 Å². The van der Waals surface area contributed by atoms with Crippen LogP contribution in [-0.4, -0.2) is 16.6 Å². The Kier molecular flexibility index (Phi) is 5.02. The van der Waals surface area contributed by atoms with Crippen LogP contribution < -0.4 is 10.1 Å². The van der Waals surface area contributed by atoms with E-state index in [9.17, 15) is 0 Å². The van der Waals surface area contributed by atoms with Crippen LogP contribution in [0.3, 0.4) is 0 Å². The SMILES string of the molecule is CCOc1ccc(Nc2nc(C(C)C)nc(Cl)c2C)cc1. The van der Waals surface area contributed by atoms with Crippen LogP contribution in [0, 0.1) is 6.92 Å². The number of rotatable bonds is 5. The molecule has 4 nitrogen and oxygen atoms in total. The smallest absolute Gasteiger partial charge is 0.138 e. The Morgan fingerprint density at radius 3 is 2.43 bits per heavy atom. The number of benzene rings is 1. The molecule has 0 bridgehead atoms. The number of nitrogens with one attached hydrogen (secondary N) is 1. The average Bonchev–Trinajstić information content (AvgIpc) is 2.45. The van der Waals surface area contributed by atoms with Crippen molar-refractivity contribution < 1.29 is 4.74 Å². The van der Waals surface area contributed by atoms with Crippen molar-refractivity contribution in [2.45, 2.75) is 33.6 Å². The first-order valence-electron chi connectivity index (χ1n) is 7.05. The average molecular weight is 306 g/mol. The van der Waals surface area contributed by atoms with Gasteiger partial charge in [-0.05, 0) is 38.1 Å². The molecule has 1 aromatic heterocycles. The van der Waals surface area contributed by atoms with E-state index in [2.05, 4.69) is 15.3 Å². The quantitative estimate of drug-likeness (QED) is 0.813. The number of aromatic nitrogens is 2. The summed E-state index contributed by atoms with van der Waals surface area (Å²) >= 11 is 6.18. The van der Waals surface area contributed by atoms with E-state index in [4.69, 9.17) is 16.3 Å². The molecule has 0 radical (unpaired) electrons. The molecule has 5 heteroatoms. The monoisotopic (exact) mass is 305 g/mol. The van der Waals surface area contributed by atoms with Gasteiger partial charge in [0.2, 0.25) is 0 Å². The van der Waals surface area contributed by atoms with Crippen molar-refractivity contribution in [2.24, 2.45) is 0 Å². The van der Waals surface area contributed by atoms with Gasteiger partial charge in [0.25, 0.3) is 0 Å². The van der Waals surface area contributed by atoms with Crippen molar-refractivity contribution in [1.82, 2.24) is 9.97 Å². The summed E-state index contributed by atoms with van der Waals surface area (Å²) in [5, 5.41) is 3.77. The van der Waals surface area contributed by atoms with Gasteiger partial charge in [-0.3, -0.25) is 0 Å². The molecule has 112 valence electrons. The lowest BCUT2D eigenvalue weighted by Gasteiger charge is -2.13. The fourth-order valence-corrected chi connectivity index (χ4v) is 2.00. The van der Waals surface area contributed by atoms with Crippen LogP contribution in [0.5, 0.6) is 5.75 Å². The molecule has 2 aromatic rings. The minimum absolute atomic E-state index is 0.226. The zero-order valence-electron chi connectivity index (χ0n) is 12.8. The van der Waals surface area contributed by atoms with Crippen LogP contribution in [0.15, 0.2) is 24.3 Å². The van der Waals surface area contributed by atoms with Gasteiger partial charge in [-0.2, -0.15) is 0 Å². The molecule has 0 aliphatic heterocycles. The minimum atomic E-state index is 0.226. The van der Waals surface area contributed by atoms with E-state index in [1.165, 1.54) is 0 Å². The minimum Gasteiger partial charge on any atom is -0.494 e. The van der Waals surface area contributed by atoms with Crippen molar-refractivity contribution in [3.8, 4) is 5.75 Å². The third-order valence-corrected chi connectivity index (χ3v) is 3.42. The Balaban J connectivity index is 2.26. The van der Waals surface area contributed by atoms with Gasteiger partial charge in [0.15, 0.2) is 0 Å². The van der Waals surface area contributed by atoms with Gasteiger partial charge in [0, 0.05) is 17.2 Å². The number of nitrogens with zero attached hydrogens (tertiary/aromatic N) is 2. The maximum atomic E-state index is 6.18. The van der Waals surface area contributed by atoms with Gasteiger partial charge in [-0.25, -0.2) is 9.97 Å². The molecule has 1 heterocycles. The van der Waals surface area contributed by atoms with Crippen molar-refractivity contribution in [3.63, 3.8) is 0 Å². The van der Waals surface area contributed by atoms with E-state index >= 15 is 0 Å². The Labute approximate surface area is 130 Å². The van der Waals surface area contributed by atoms with E-state index in [1.54, 1.807) is 0 Å². The van der Waals surface area contributed by atoms with E-state index in [0.717, 1.165) is 28.6 Å². The third kappa shape index (κ3) is 3.85. The van der Waals surface area contributed by atoms with Crippen LogP contribution in [0.1, 0.15) is 38.1 Å². The summed E-state index contributed by atoms with van der Waals surface area (Å²) in [6, 6.07) is 7.76. The molecule has 0 unspecified atom stereocenters. The Hall–Kier alpha value is -1.81. The van der Waals surface area contributed by atoms with E-state index in [0.29, 0.717) is 11.8 Å². The van der Waals surface area contributed by atoms with Gasteiger partial charge < -0.3 is 10.1 Å². The first kappa shape index (κ1) is 15.6. The Morgan fingerprint density at radius 1 is 1.19 bits per heavy atom. The standard InChI is InChI=1S/C16H20ClN3O/c1-5-21-13-8-6-12(7-9-13)18-16-11(4)14(17)19-15(20-16)10(2)3/h6-10H,5H2,1-4H3,(H,18,19,20). The van der Waals surface area contributed by atoms with Crippen LogP contribution in [-0.2, 0) is 0 Å². The van der Waals surface area contributed by atoms with Gasteiger partial charge in [-0.1, -0.05) is 25.4 Å². The lowest BCUT2D eigenvalue weighted by atomic mass is 10.2. The molecule has 21 heavy (non-hydrogen) atoms. The van der Waals surface area contributed by atoms with E-state index < -0.39 is 0 Å². The third-order valence-electron chi connectivity index (χ3n) is 3.05. The second kappa shape index (κ2) is 6.76. The lowest BCUT2D eigenvalue weighted by molar-refractivity contribution is 0.340. The molecule has 0 fully saturated rings. The normalized spacial score (nSPS) is 10.8. The maximum Gasteiger partial charge on any atom is 0.138 e. The summed E-state index contributed by atoms with van der Waals surface area (Å²) in [5.74, 6) is 2.55.